The van der Waals surface area contributed by atoms with Gasteiger partial charge in [0, 0.05) is 26.6 Å². The molecule has 0 bridgehead atoms. The number of rotatable bonds is 4. The second-order valence-electron chi connectivity index (χ2n) is 5.64. The van der Waals surface area contributed by atoms with E-state index < -0.39 is 5.82 Å². The molecule has 1 aromatic carbocycles. The van der Waals surface area contributed by atoms with E-state index in [9.17, 15) is 14.4 Å². The lowest BCUT2D eigenvalue weighted by Gasteiger charge is -2.26. The molecule has 1 N–H and O–H groups in total. The summed E-state index contributed by atoms with van der Waals surface area (Å²) in [7, 11) is 1.61. The van der Waals surface area contributed by atoms with Crippen molar-refractivity contribution in [3.05, 3.63) is 45.9 Å². The maximum Gasteiger partial charge on any atom is 0.343 e. The van der Waals surface area contributed by atoms with Crippen LogP contribution in [0, 0.1) is 17.1 Å². The number of methoxy groups -OCH3 is 1. The molecule has 2 atom stereocenters. The van der Waals surface area contributed by atoms with E-state index in [0.29, 0.717) is 31.0 Å². The minimum atomic E-state index is -0.565. The van der Waals surface area contributed by atoms with E-state index in [2.05, 4.69) is 10.2 Å². The highest BCUT2D eigenvalue weighted by atomic mass is 19.1. The van der Waals surface area contributed by atoms with Crippen LogP contribution in [0.1, 0.15) is 30.8 Å². The van der Waals surface area contributed by atoms with Crippen molar-refractivity contribution in [3.63, 3.8) is 0 Å². The van der Waals surface area contributed by atoms with Gasteiger partial charge in [0.1, 0.15) is 17.4 Å². The van der Waals surface area contributed by atoms with Crippen molar-refractivity contribution in [2.75, 3.05) is 18.6 Å². The summed E-state index contributed by atoms with van der Waals surface area (Å²) in [5.74, 6) is -0.000252. The van der Waals surface area contributed by atoms with Crippen molar-refractivity contribution < 1.29 is 9.13 Å². The molecule has 0 spiro atoms. The summed E-state index contributed by atoms with van der Waals surface area (Å²) in [5, 5.41) is 15.9. The topological polar surface area (TPSA) is 86.9 Å². The Labute approximate surface area is 138 Å². The molecule has 8 heteroatoms. The van der Waals surface area contributed by atoms with Gasteiger partial charge in [-0.1, -0.05) is 6.07 Å². The van der Waals surface area contributed by atoms with Gasteiger partial charge in [-0.15, -0.1) is 0 Å². The molecule has 7 nitrogen and oxygen atoms in total. The molecule has 24 heavy (non-hydrogen) atoms. The summed E-state index contributed by atoms with van der Waals surface area (Å²) in [6, 6.07) is 6.18. The molecular formula is C16H18FN5O2. The van der Waals surface area contributed by atoms with Crippen LogP contribution in [0.5, 0.6) is 0 Å². The highest BCUT2D eigenvalue weighted by Crippen LogP contribution is 2.38. The third-order valence-electron chi connectivity index (χ3n) is 4.41. The first-order chi connectivity index (χ1) is 11.6. The van der Waals surface area contributed by atoms with Crippen molar-refractivity contribution >= 4 is 5.69 Å². The van der Waals surface area contributed by atoms with E-state index in [4.69, 9.17) is 4.74 Å². The fourth-order valence-electron chi connectivity index (χ4n) is 3.23. The summed E-state index contributed by atoms with van der Waals surface area (Å²) in [4.78, 5) is 13.8. The van der Waals surface area contributed by atoms with Gasteiger partial charge in [-0.25, -0.2) is 14.3 Å². The van der Waals surface area contributed by atoms with Crippen molar-refractivity contribution in [1.82, 2.24) is 14.8 Å². The Morgan fingerprint density at radius 2 is 2.33 bits per heavy atom. The molecule has 2 aromatic rings. The van der Waals surface area contributed by atoms with Crippen molar-refractivity contribution in [1.29, 1.82) is 5.26 Å². The van der Waals surface area contributed by atoms with Gasteiger partial charge in [0.25, 0.3) is 0 Å². The number of halogens is 1. The quantitative estimate of drug-likeness (QED) is 0.919. The number of anilines is 1. The average Bonchev–Trinajstić information content (AvgIpc) is 3.17. The summed E-state index contributed by atoms with van der Waals surface area (Å²) >= 11 is 0. The lowest BCUT2D eigenvalue weighted by molar-refractivity contribution is 0.118. The van der Waals surface area contributed by atoms with Gasteiger partial charge in [0.15, 0.2) is 5.82 Å². The van der Waals surface area contributed by atoms with E-state index >= 15 is 0 Å². The van der Waals surface area contributed by atoms with Gasteiger partial charge in [0.2, 0.25) is 0 Å². The van der Waals surface area contributed by atoms with E-state index in [1.54, 1.807) is 23.8 Å². The number of ether oxygens (including phenoxy) is 1. The number of nitrogens with one attached hydrogen (secondary N) is 1. The molecular weight excluding hydrogens is 313 g/mol. The third kappa shape index (κ3) is 2.57. The Hall–Kier alpha value is -2.66. The van der Waals surface area contributed by atoms with E-state index in [1.165, 1.54) is 6.07 Å². The molecule has 1 fully saturated rings. The van der Waals surface area contributed by atoms with Crippen LogP contribution >= 0.6 is 0 Å². The second-order valence-corrected chi connectivity index (χ2v) is 5.64. The van der Waals surface area contributed by atoms with E-state index in [0.717, 1.165) is 0 Å². The lowest BCUT2D eigenvalue weighted by Crippen LogP contribution is -2.29. The maximum atomic E-state index is 14.0. The highest BCUT2D eigenvalue weighted by molar-refractivity contribution is 5.61. The van der Waals surface area contributed by atoms with Crippen LogP contribution in [0.25, 0.3) is 0 Å². The van der Waals surface area contributed by atoms with E-state index in [1.807, 2.05) is 17.9 Å². The molecule has 1 aliphatic rings. The predicted molar refractivity (Wildman–Crippen MR) is 85.1 cm³/mol. The SMILES string of the molecule is CCn1c([C@@H]2C[C@H](OC)CN2c2cccc(F)c2C#N)n[nH]c1=O. The number of H-pyrrole nitrogens is 1. The first-order valence-corrected chi connectivity index (χ1v) is 7.73. The highest BCUT2D eigenvalue weighted by Gasteiger charge is 2.38. The Morgan fingerprint density at radius 3 is 3.00 bits per heavy atom. The van der Waals surface area contributed by atoms with E-state index in [-0.39, 0.29) is 23.4 Å². The molecule has 0 amide bonds. The number of aromatic nitrogens is 3. The number of hydrogen-bond acceptors (Lipinski definition) is 5. The molecule has 3 rings (SSSR count). The van der Waals surface area contributed by atoms with Crippen LogP contribution in [-0.2, 0) is 11.3 Å². The number of hydrogen-bond donors (Lipinski definition) is 1. The normalized spacial score (nSPS) is 20.3. The van der Waals surface area contributed by atoms with Crippen LogP contribution < -0.4 is 10.6 Å². The van der Waals surface area contributed by atoms with Crippen molar-refractivity contribution in [2.45, 2.75) is 32.0 Å². The Bertz CT molecular complexity index is 838. The number of nitriles is 1. The number of benzene rings is 1. The van der Waals surface area contributed by atoms with Gasteiger partial charge < -0.3 is 9.64 Å². The van der Waals surface area contributed by atoms with Crippen LogP contribution in [0.3, 0.4) is 0 Å². The van der Waals surface area contributed by atoms with Crippen molar-refractivity contribution in [3.8, 4) is 6.07 Å². The molecule has 0 radical (unpaired) electrons. The molecule has 1 saturated heterocycles. The molecule has 1 aromatic heterocycles. The first kappa shape index (κ1) is 16.2. The fraction of sp³-hybridized carbons (Fsp3) is 0.438. The van der Waals surface area contributed by atoms with Crippen LogP contribution in [-0.4, -0.2) is 34.5 Å². The third-order valence-corrected chi connectivity index (χ3v) is 4.41. The fourth-order valence-corrected chi connectivity index (χ4v) is 3.23. The summed E-state index contributed by atoms with van der Waals surface area (Å²) < 4.78 is 21.0. The monoisotopic (exact) mass is 331 g/mol. The molecule has 0 saturated carbocycles. The van der Waals surface area contributed by atoms with Crippen LogP contribution in [0.4, 0.5) is 10.1 Å². The standard InChI is InChI=1S/C16H18FN5O2/c1-3-21-15(19-20-16(21)23)14-7-10(24-2)9-22(14)13-6-4-5-12(17)11(13)8-18/h4-6,10,14H,3,7,9H2,1-2H3,(H,20,23)/t10-,14-/m0/s1. The summed E-state index contributed by atoms with van der Waals surface area (Å²) in [5.41, 5.74) is 0.188. The Kier molecular flexibility index (Phi) is 4.36. The van der Waals surface area contributed by atoms with Crippen molar-refractivity contribution in [2.24, 2.45) is 0 Å². The van der Waals surface area contributed by atoms with Crippen LogP contribution in [0.2, 0.25) is 0 Å². The summed E-state index contributed by atoms with van der Waals surface area (Å²) in [6.07, 6.45) is 0.504. The Morgan fingerprint density at radius 1 is 1.54 bits per heavy atom. The van der Waals surface area contributed by atoms with Gasteiger partial charge in [-0.2, -0.15) is 10.4 Å². The lowest BCUT2D eigenvalue weighted by atomic mass is 10.1. The minimum Gasteiger partial charge on any atom is -0.380 e. The van der Waals surface area contributed by atoms with Gasteiger partial charge in [0.05, 0.1) is 17.8 Å². The zero-order chi connectivity index (χ0) is 17.3. The molecule has 126 valence electrons. The molecule has 2 heterocycles. The maximum absolute atomic E-state index is 14.0. The molecule has 0 unspecified atom stereocenters. The van der Waals surface area contributed by atoms with Crippen LogP contribution in [0.15, 0.2) is 23.0 Å². The molecule has 0 aliphatic carbocycles. The summed E-state index contributed by atoms with van der Waals surface area (Å²) in [6.45, 7) is 2.82. The zero-order valence-electron chi connectivity index (χ0n) is 13.5. The van der Waals surface area contributed by atoms with Gasteiger partial charge in [-0.3, -0.25) is 4.57 Å². The Balaban J connectivity index is 2.10. The number of nitrogens with zero attached hydrogens (tertiary/aromatic N) is 4. The van der Waals surface area contributed by atoms with Gasteiger partial charge in [-0.05, 0) is 19.1 Å². The molecule has 1 aliphatic heterocycles. The largest absolute Gasteiger partial charge is 0.380 e. The minimum absolute atomic E-state index is 0.0137. The smallest absolute Gasteiger partial charge is 0.343 e. The predicted octanol–water partition coefficient (Wildman–Crippen LogP) is 1.57. The first-order valence-electron chi connectivity index (χ1n) is 7.73. The average molecular weight is 331 g/mol. The van der Waals surface area contributed by atoms with Gasteiger partial charge >= 0.3 is 5.69 Å². The second kappa shape index (κ2) is 6.45. The zero-order valence-corrected chi connectivity index (χ0v) is 13.5. The number of aromatic amines is 1.